The summed E-state index contributed by atoms with van der Waals surface area (Å²) in [6, 6.07) is 13.8. The Labute approximate surface area is 227 Å². The number of hydrogen-bond acceptors (Lipinski definition) is 5. The number of nitrogens with zero attached hydrogens (tertiary/aromatic N) is 2. The van der Waals surface area contributed by atoms with Crippen LogP contribution in [0.25, 0.3) is 0 Å². The smallest absolute Gasteiger partial charge is 0.248 e. The number of benzene rings is 1. The number of carbonyl (C=O) groups excluding carboxylic acids is 3. The number of aromatic nitrogens is 1. The highest BCUT2D eigenvalue weighted by molar-refractivity contribution is 5.97. The summed E-state index contributed by atoms with van der Waals surface area (Å²) in [6.07, 6.45) is 6.75. The van der Waals surface area contributed by atoms with Gasteiger partial charge in [0.1, 0.15) is 11.9 Å². The fraction of sp³-hybridized carbons (Fsp3) is 0.533. The molecule has 0 aliphatic rings. The molecule has 0 unspecified atom stereocenters. The summed E-state index contributed by atoms with van der Waals surface area (Å²) in [6.45, 7) is 8.11. The zero-order valence-electron chi connectivity index (χ0n) is 23.2. The van der Waals surface area contributed by atoms with E-state index in [1.54, 1.807) is 24.4 Å². The van der Waals surface area contributed by atoms with Crippen molar-refractivity contribution in [3.63, 3.8) is 0 Å². The van der Waals surface area contributed by atoms with Crippen LogP contribution in [0.2, 0.25) is 0 Å². The van der Waals surface area contributed by atoms with E-state index in [4.69, 9.17) is 0 Å². The number of carbonyl (C=O) groups is 3. The third-order valence-corrected chi connectivity index (χ3v) is 7.06. The minimum Gasteiger partial charge on any atom is -0.344 e. The molecule has 1 aromatic heterocycles. The van der Waals surface area contributed by atoms with E-state index in [1.807, 2.05) is 44.2 Å². The van der Waals surface area contributed by atoms with Crippen molar-refractivity contribution in [3.05, 3.63) is 60.3 Å². The number of amides is 3. The largest absolute Gasteiger partial charge is 0.344 e. The fourth-order valence-corrected chi connectivity index (χ4v) is 4.60. The molecule has 0 aliphatic carbocycles. The van der Waals surface area contributed by atoms with E-state index in [1.165, 1.54) is 0 Å². The molecular weight excluding hydrogens is 480 g/mol. The number of aryl methyl sites for hydroxylation is 1. The van der Waals surface area contributed by atoms with Crippen LogP contribution < -0.4 is 10.6 Å². The molecule has 0 saturated carbocycles. The Morgan fingerprint density at radius 3 is 2.29 bits per heavy atom. The lowest BCUT2D eigenvalue weighted by molar-refractivity contribution is -0.169. The molecule has 0 spiro atoms. The Morgan fingerprint density at radius 2 is 1.68 bits per heavy atom. The first-order valence-electron chi connectivity index (χ1n) is 13.7. The molecule has 0 radical (unpaired) electrons. The number of rotatable bonds is 17. The Morgan fingerprint density at radius 1 is 0.974 bits per heavy atom. The highest BCUT2D eigenvalue weighted by atomic mass is 16.5. The summed E-state index contributed by atoms with van der Waals surface area (Å²) in [5.74, 6) is -0.612. The summed E-state index contributed by atoms with van der Waals surface area (Å²) in [5, 5.41) is 16.9. The Balaban J connectivity index is 2.25. The molecule has 8 heteroatoms. The number of anilines is 1. The van der Waals surface area contributed by atoms with Gasteiger partial charge in [0.25, 0.3) is 0 Å². The highest BCUT2D eigenvalue weighted by Crippen LogP contribution is 2.24. The molecule has 38 heavy (non-hydrogen) atoms. The zero-order chi connectivity index (χ0) is 27.9. The first kappa shape index (κ1) is 31.0. The van der Waals surface area contributed by atoms with Crippen LogP contribution in [0.3, 0.4) is 0 Å². The van der Waals surface area contributed by atoms with E-state index >= 15 is 0 Å². The normalized spacial score (nSPS) is 14.3. The first-order valence-corrected chi connectivity index (χ1v) is 13.7. The van der Waals surface area contributed by atoms with Gasteiger partial charge in [-0.1, -0.05) is 83.4 Å². The lowest BCUT2D eigenvalue weighted by Crippen LogP contribution is -2.53. The van der Waals surface area contributed by atoms with Gasteiger partial charge in [0.2, 0.25) is 18.2 Å². The van der Waals surface area contributed by atoms with E-state index in [9.17, 15) is 19.6 Å². The van der Waals surface area contributed by atoms with Gasteiger partial charge in [-0.2, -0.15) is 0 Å². The quantitative estimate of drug-likeness (QED) is 0.149. The third kappa shape index (κ3) is 10.2. The SMILES string of the molecule is CC[C@H](C)[C@H](NC(=O)[C@H](CCCc1ccccc1)[C@H](CCCC(C)C)N(O)C=O)C(=O)Nc1ccccn1. The molecule has 3 N–H and O–H groups in total. The standard InChI is InChI=1S/C30H44N4O4/c1-5-23(4)28(30(37)32-27-19-9-10-20-31-27)33-29(36)25(17-12-16-24-14-7-6-8-15-24)26(34(38)21-35)18-11-13-22(2)3/h6-10,14-15,19-23,25-26,28,38H,5,11-13,16-18H2,1-4H3,(H,33,36)(H,31,32,37)/t23-,25+,26-,28-/m0/s1. The van der Waals surface area contributed by atoms with Crippen LogP contribution in [0.5, 0.6) is 0 Å². The number of hydroxylamine groups is 2. The molecule has 0 aliphatic heterocycles. The molecule has 0 fully saturated rings. The third-order valence-electron chi connectivity index (χ3n) is 7.06. The Kier molecular flexibility index (Phi) is 13.5. The summed E-state index contributed by atoms with van der Waals surface area (Å²) >= 11 is 0. The van der Waals surface area contributed by atoms with Gasteiger partial charge in [0.15, 0.2) is 0 Å². The topological polar surface area (TPSA) is 112 Å². The monoisotopic (exact) mass is 524 g/mol. The molecule has 3 amide bonds. The van der Waals surface area contributed by atoms with Gasteiger partial charge in [-0.25, -0.2) is 10.0 Å². The molecular formula is C30H44N4O4. The second kappa shape index (κ2) is 16.6. The lowest BCUT2D eigenvalue weighted by atomic mass is 9.87. The van der Waals surface area contributed by atoms with Gasteiger partial charge in [0.05, 0.1) is 12.0 Å². The minimum absolute atomic E-state index is 0.136. The first-order chi connectivity index (χ1) is 18.3. The highest BCUT2D eigenvalue weighted by Gasteiger charge is 2.35. The Bertz CT molecular complexity index is 971. The summed E-state index contributed by atoms with van der Waals surface area (Å²) in [5.41, 5.74) is 1.16. The summed E-state index contributed by atoms with van der Waals surface area (Å²) in [7, 11) is 0. The van der Waals surface area contributed by atoms with Crippen molar-refractivity contribution in [1.29, 1.82) is 0 Å². The van der Waals surface area contributed by atoms with Gasteiger partial charge in [-0.05, 0) is 55.2 Å². The second-order valence-corrected chi connectivity index (χ2v) is 10.4. The van der Waals surface area contributed by atoms with E-state index in [-0.39, 0.29) is 17.7 Å². The maximum atomic E-state index is 13.8. The van der Waals surface area contributed by atoms with Gasteiger partial charge in [-0.3, -0.25) is 19.6 Å². The van der Waals surface area contributed by atoms with E-state index in [2.05, 4.69) is 29.5 Å². The second-order valence-electron chi connectivity index (χ2n) is 10.4. The van der Waals surface area contributed by atoms with Gasteiger partial charge in [-0.15, -0.1) is 0 Å². The van der Waals surface area contributed by atoms with Crippen molar-refractivity contribution in [2.24, 2.45) is 17.8 Å². The van der Waals surface area contributed by atoms with Crippen LogP contribution in [0, 0.1) is 17.8 Å². The van der Waals surface area contributed by atoms with Crippen LogP contribution in [0.4, 0.5) is 5.82 Å². The number of nitrogens with one attached hydrogen (secondary N) is 2. The molecule has 0 saturated heterocycles. The molecule has 2 rings (SSSR count). The Hall–Kier alpha value is -3.26. The maximum absolute atomic E-state index is 13.8. The maximum Gasteiger partial charge on any atom is 0.248 e. The van der Waals surface area contributed by atoms with Gasteiger partial charge in [0, 0.05) is 6.20 Å². The van der Waals surface area contributed by atoms with Crippen LogP contribution in [-0.2, 0) is 20.8 Å². The lowest BCUT2D eigenvalue weighted by Gasteiger charge is -2.32. The molecule has 208 valence electrons. The zero-order valence-corrected chi connectivity index (χ0v) is 23.2. The van der Waals surface area contributed by atoms with Crippen molar-refractivity contribution in [2.75, 3.05) is 5.32 Å². The molecule has 8 nitrogen and oxygen atoms in total. The number of pyridine rings is 1. The fourth-order valence-electron chi connectivity index (χ4n) is 4.60. The molecule has 1 heterocycles. The predicted molar refractivity (Wildman–Crippen MR) is 149 cm³/mol. The predicted octanol–water partition coefficient (Wildman–Crippen LogP) is 5.23. The average Bonchev–Trinajstić information content (AvgIpc) is 2.92. The van der Waals surface area contributed by atoms with E-state index < -0.39 is 18.0 Å². The van der Waals surface area contributed by atoms with Crippen molar-refractivity contribution in [1.82, 2.24) is 15.4 Å². The van der Waals surface area contributed by atoms with E-state index in [0.29, 0.717) is 48.9 Å². The minimum atomic E-state index is -0.786. The van der Waals surface area contributed by atoms with Gasteiger partial charge >= 0.3 is 0 Å². The van der Waals surface area contributed by atoms with Crippen LogP contribution in [0.15, 0.2) is 54.7 Å². The van der Waals surface area contributed by atoms with Crippen LogP contribution >= 0.6 is 0 Å². The number of hydrogen-bond donors (Lipinski definition) is 3. The van der Waals surface area contributed by atoms with Gasteiger partial charge < -0.3 is 10.6 Å². The van der Waals surface area contributed by atoms with Crippen molar-refractivity contribution in [2.45, 2.75) is 84.7 Å². The molecule has 1 aromatic carbocycles. The van der Waals surface area contributed by atoms with Crippen LogP contribution in [0.1, 0.15) is 71.8 Å². The average molecular weight is 525 g/mol. The molecule has 2 aromatic rings. The summed E-state index contributed by atoms with van der Waals surface area (Å²) < 4.78 is 0. The van der Waals surface area contributed by atoms with Crippen molar-refractivity contribution in [3.8, 4) is 0 Å². The molecule has 0 bridgehead atoms. The van der Waals surface area contributed by atoms with E-state index in [0.717, 1.165) is 24.8 Å². The molecule has 4 atom stereocenters. The van der Waals surface area contributed by atoms with Crippen molar-refractivity contribution < 1.29 is 19.6 Å². The van der Waals surface area contributed by atoms with Crippen molar-refractivity contribution >= 4 is 24.0 Å². The van der Waals surface area contributed by atoms with Crippen LogP contribution in [-0.4, -0.2) is 45.6 Å². The summed E-state index contributed by atoms with van der Waals surface area (Å²) in [4.78, 5) is 42.8.